The molecule has 0 radical (unpaired) electrons. The second-order valence-corrected chi connectivity index (χ2v) is 3.59. The van der Waals surface area contributed by atoms with E-state index in [-0.39, 0.29) is 0 Å². The predicted molar refractivity (Wildman–Crippen MR) is 61.7 cm³/mol. The van der Waals surface area contributed by atoms with Crippen LogP contribution in [0.15, 0.2) is 30.5 Å². The maximum Gasteiger partial charge on any atom is 0.122 e. The Morgan fingerprint density at radius 3 is 2.93 bits per heavy atom. The van der Waals surface area contributed by atoms with E-state index in [4.69, 9.17) is 10.5 Å². The van der Waals surface area contributed by atoms with E-state index in [2.05, 4.69) is 28.8 Å². The number of hydrogen-bond acceptors (Lipinski definition) is 2. The molecule has 0 bridgehead atoms. The monoisotopic (exact) mass is 204 g/mol. The number of methoxy groups -OCH3 is 1. The smallest absolute Gasteiger partial charge is 0.122 e. The minimum Gasteiger partial charge on any atom is -0.364 e. The van der Waals surface area contributed by atoms with Gasteiger partial charge in [0.05, 0.1) is 5.52 Å². The average molecular weight is 204 g/mol. The maximum absolute atomic E-state index is 5.59. The van der Waals surface area contributed by atoms with E-state index < -0.39 is 0 Å². The van der Waals surface area contributed by atoms with Gasteiger partial charge in [-0.1, -0.05) is 12.1 Å². The van der Waals surface area contributed by atoms with Crippen LogP contribution >= 0.6 is 0 Å². The third kappa shape index (κ3) is 1.89. The lowest BCUT2D eigenvalue weighted by Gasteiger charge is -2.05. The lowest BCUT2D eigenvalue weighted by atomic mass is 10.1. The van der Waals surface area contributed by atoms with Crippen LogP contribution in [0.3, 0.4) is 0 Å². The van der Waals surface area contributed by atoms with Crippen LogP contribution in [-0.2, 0) is 17.9 Å². The van der Waals surface area contributed by atoms with Crippen LogP contribution in [-0.4, -0.2) is 18.2 Å². The van der Waals surface area contributed by atoms with Crippen molar-refractivity contribution in [2.45, 2.75) is 13.2 Å². The third-order valence-corrected chi connectivity index (χ3v) is 2.59. The van der Waals surface area contributed by atoms with Gasteiger partial charge in [0.25, 0.3) is 0 Å². The molecule has 0 fully saturated rings. The van der Waals surface area contributed by atoms with Gasteiger partial charge < -0.3 is 15.0 Å². The number of ether oxygens (including phenoxy) is 1. The highest BCUT2D eigenvalue weighted by Crippen LogP contribution is 2.20. The summed E-state index contributed by atoms with van der Waals surface area (Å²) in [7, 11) is 1.70. The summed E-state index contributed by atoms with van der Waals surface area (Å²) in [5.41, 5.74) is 8.11. The quantitative estimate of drug-likeness (QED) is 0.824. The first kappa shape index (κ1) is 10.2. The summed E-state index contributed by atoms with van der Waals surface area (Å²) in [6.07, 6.45) is 2.97. The Kier molecular flexibility index (Phi) is 3.04. The SMILES string of the molecule is COCn1ccc2c(CCN)cccc21. The molecule has 1 aromatic carbocycles. The summed E-state index contributed by atoms with van der Waals surface area (Å²) in [5.74, 6) is 0. The van der Waals surface area contributed by atoms with E-state index in [1.165, 1.54) is 16.5 Å². The van der Waals surface area contributed by atoms with Crippen LogP contribution in [0.25, 0.3) is 10.9 Å². The Morgan fingerprint density at radius 1 is 1.33 bits per heavy atom. The topological polar surface area (TPSA) is 40.2 Å². The van der Waals surface area contributed by atoms with Gasteiger partial charge in [-0.3, -0.25) is 0 Å². The number of rotatable bonds is 4. The normalized spacial score (nSPS) is 11.1. The van der Waals surface area contributed by atoms with Crippen molar-refractivity contribution in [2.75, 3.05) is 13.7 Å². The van der Waals surface area contributed by atoms with Crippen LogP contribution in [0.5, 0.6) is 0 Å². The van der Waals surface area contributed by atoms with E-state index in [0.717, 1.165) is 6.42 Å². The predicted octanol–water partition coefficient (Wildman–Crippen LogP) is 1.75. The fourth-order valence-corrected chi connectivity index (χ4v) is 1.91. The fraction of sp³-hybridized carbons (Fsp3) is 0.333. The highest BCUT2D eigenvalue weighted by Gasteiger charge is 2.04. The molecule has 3 nitrogen and oxygen atoms in total. The minimum absolute atomic E-state index is 0.593. The van der Waals surface area contributed by atoms with Gasteiger partial charge in [0.2, 0.25) is 0 Å². The van der Waals surface area contributed by atoms with Gasteiger partial charge >= 0.3 is 0 Å². The zero-order chi connectivity index (χ0) is 10.7. The van der Waals surface area contributed by atoms with Gasteiger partial charge in [-0.2, -0.15) is 0 Å². The Balaban J connectivity index is 2.48. The van der Waals surface area contributed by atoms with Gasteiger partial charge in [0, 0.05) is 18.7 Å². The number of nitrogens with two attached hydrogens (primary N) is 1. The Hall–Kier alpha value is -1.32. The van der Waals surface area contributed by atoms with Crippen LogP contribution in [0.1, 0.15) is 5.56 Å². The van der Waals surface area contributed by atoms with Crippen LogP contribution in [0.2, 0.25) is 0 Å². The molecule has 1 heterocycles. The molecule has 0 unspecified atom stereocenters. The van der Waals surface area contributed by atoms with E-state index >= 15 is 0 Å². The summed E-state index contributed by atoms with van der Waals surface area (Å²) in [6.45, 7) is 1.28. The van der Waals surface area contributed by atoms with Crippen molar-refractivity contribution in [1.82, 2.24) is 4.57 Å². The molecule has 1 aromatic heterocycles. The van der Waals surface area contributed by atoms with Crippen molar-refractivity contribution in [3.8, 4) is 0 Å². The molecule has 3 heteroatoms. The van der Waals surface area contributed by atoms with Gasteiger partial charge in [-0.15, -0.1) is 0 Å². The van der Waals surface area contributed by atoms with Gasteiger partial charge in [0.1, 0.15) is 6.73 Å². The van der Waals surface area contributed by atoms with Crippen LogP contribution < -0.4 is 5.73 Å². The average Bonchev–Trinajstić information content (AvgIpc) is 2.64. The number of benzene rings is 1. The lowest BCUT2D eigenvalue weighted by Crippen LogP contribution is -2.03. The Bertz CT molecular complexity index is 448. The summed E-state index contributed by atoms with van der Waals surface area (Å²) >= 11 is 0. The molecule has 0 saturated carbocycles. The Morgan fingerprint density at radius 2 is 2.20 bits per heavy atom. The first-order valence-corrected chi connectivity index (χ1v) is 5.12. The summed E-state index contributed by atoms with van der Waals surface area (Å²) in [4.78, 5) is 0. The summed E-state index contributed by atoms with van der Waals surface area (Å²) in [6, 6.07) is 8.43. The lowest BCUT2D eigenvalue weighted by molar-refractivity contribution is 0.135. The first-order chi connectivity index (χ1) is 7.36. The molecule has 0 aliphatic rings. The van der Waals surface area contributed by atoms with Crippen molar-refractivity contribution >= 4 is 10.9 Å². The second-order valence-electron chi connectivity index (χ2n) is 3.59. The molecule has 2 aromatic rings. The highest BCUT2D eigenvalue weighted by molar-refractivity contribution is 5.83. The highest BCUT2D eigenvalue weighted by atomic mass is 16.5. The van der Waals surface area contributed by atoms with E-state index in [0.29, 0.717) is 13.3 Å². The Labute approximate surface area is 89.4 Å². The second kappa shape index (κ2) is 4.47. The molecule has 2 N–H and O–H groups in total. The summed E-state index contributed by atoms with van der Waals surface area (Å²) < 4.78 is 7.23. The van der Waals surface area contributed by atoms with Crippen molar-refractivity contribution in [2.24, 2.45) is 5.73 Å². The number of nitrogens with zero attached hydrogens (tertiary/aromatic N) is 1. The minimum atomic E-state index is 0.593. The van der Waals surface area contributed by atoms with Crippen molar-refractivity contribution in [1.29, 1.82) is 0 Å². The molecule has 0 aliphatic heterocycles. The van der Waals surface area contributed by atoms with Gasteiger partial charge in [0.15, 0.2) is 0 Å². The zero-order valence-corrected chi connectivity index (χ0v) is 8.94. The van der Waals surface area contributed by atoms with E-state index in [1.54, 1.807) is 7.11 Å². The molecule has 0 amide bonds. The standard InChI is InChI=1S/C12H16N2O/c1-15-9-14-8-6-11-10(5-7-13)3-2-4-12(11)14/h2-4,6,8H,5,7,9,13H2,1H3. The molecule has 0 aliphatic carbocycles. The number of aromatic nitrogens is 1. The molecule has 0 spiro atoms. The first-order valence-electron chi connectivity index (χ1n) is 5.12. The zero-order valence-electron chi connectivity index (χ0n) is 8.94. The molecule has 80 valence electrons. The van der Waals surface area contributed by atoms with Gasteiger partial charge in [-0.25, -0.2) is 0 Å². The molecule has 0 saturated heterocycles. The van der Waals surface area contributed by atoms with Crippen molar-refractivity contribution in [3.63, 3.8) is 0 Å². The van der Waals surface area contributed by atoms with Crippen LogP contribution in [0, 0.1) is 0 Å². The molecular formula is C12H16N2O. The molecule has 15 heavy (non-hydrogen) atoms. The maximum atomic E-state index is 5.59. The number of hydrogen-bond donors (Lipinski definition) is 1. The third-order valence-electron chi connectivity index (χ3n) is 2.59. The van der Waals surface area contributed by atoms with Crippen molar-refractivity contribution in [3.05, 3.63) is 36.0 Å². The largest absolute Gasteiger partial charge is 0.364 e. The summed E-state index contributed by atoms with van der Waals surface area (Å²) in [5, 5.41) is 1.28. The molecular weight excluding hydrogens is 188 g/mol. The number of fused-ring (bicyclic) bond motifs is 1. The van der Waals surface area contributed by atoms with Crippen LogP contribution in [0.4, 0.5) is 0 Å². The van der Waals surface area contributed by atoms with Gasteiger partial charge in [-0.05, 0) is 30.7 Å². The fourth-order valence-electron chi connectivity index (χ4n) is 1.91. The van der Waals surface area contributed by atoms with Crippen molar-refractivity contribution < 1.29 is 4.74 Å². The van der Waals surface area contributed by atoms with E-state index in [1.807, 2.05) is 6.20 Å². The van der Waals surface area contributed by atoms with E-state index in [9.17, 15) is 0 Å². The molecule has 2 rings (SSSR count). The molecule has 0 atom stereocenters.